The summed E-state index contributed by atoms with van der Waals surface area (Å²) in [5.41, 5.74) is 1.14. The fourth-order valence-corrected chi connectivity index (χ4v) is 8.52. The number of carbonyl (C=O) groups is 4. The number of thioether (sulfide) groups is 1. The van der Waals surface area contributed by atoms with Gasteiger partial charge >= 0.3 is 10.8 Å². The molecule has 43 heavy (non-hydrogen) atoms. The predicted molar refractivity (Wildman–Crippen MR) is 162 cm³/mol. The van der Waals surface area contributed by atoms with Crippen LogP contribution in [0.2, 0.25) is 5.02 Å². The predicted octanol–water partition coefficient (Wildman–Crippen LogP) is 4.45. The molecule has 13 heteroatoms. The number of hydrogen-bond acceptors (Lipinski definition) is 9. The largest absolute Gasteiger partial charge is 0.483 e. The van der Waals surface area contributed by atoms with Crippen LogP contribution < -0.4 is 14.5 Å². The molecule has 1 aromatic heterocycles. The van der Waals surface area contributed by atoms with E-state index in [1.54, 1.807) is 30.0 Å². The number of carbonyl (C=O) groups excluding carboxylic acids is 4. The molecule has 6 rings (SSSR count). The number of benzene rings is 2. The van der Waals surface area contributed by atoms with Crippen LogP contribution >= 0.6 is 34.7 Å². The Morgan fingerprint density at radius 3 is 2.49 bits per heavy atom. The van der Waals surface area contributed by atoms with Gasteiger partial charge in [-0.2, -0.15) is 0 Å². The van der Waals surface area contributed by atoms with Gasteiger partial charge in [-0.25, -0.2) is 9.69 Å². The second-order valence-corrected chi connectivity index (χ2v) is 13.0. The molecule has 1 N–H and O–H groups in total. The molecule has 10 nitrogen and oxygen atoms in total. The summed E-state index contributed by atoms with van der Waals surface area (Å²) < 4.78 is 11.1. The van der Waals surface area contributed by atoms with Crippen LogP contribution in [-0.2, 0) is 19.1 Å². The van der Waals surface area contributed by atoms with Crippen molar-refractivity contribution in [2.45, 2.75) is 42.4 Å². The molecule has 2 aromatic carbocycles. The van der Waals surface area contributed by atoms with Crippen molar-refractivity contribution in [2.75, 3.05) is 31.2 Å². The molecule has 0 aliphatic carbocycles. The Hall–Kier alpha value is -3.61. The molecule has 0 spiro atoms. The number of amides is 3. The number of thiazole rings is 1. The minimum absolute atomic E-state index is 0.130. The van der Waals surface area contributed by atoms with E-state index in [9.17, 15) is 24.0 Å². The minimum Gasteiger partial charge on any atom is -0.483 e. The molecule has 0 saturated carbocycles. The highest BCUT2D eigenvalue weighted by Crippen LogP contribution is 2.54. The lowest BCUT2D eigenvalue weighted by Gasteiger charge is -2.31. The van der Waals surface area contributed by atoms with E-state index in [0.29, 0.717) is 50.6 Å². The number of nitrogens with one attached hydrogen (secondary N) is 1. The third-order valence-electron chi connectivity index (χ3n) is 7.83. The maximum absolute atomic E-state index is 14.1. The molecule has 2 fully saturated rings. The minimum atomic E-state index is -0.875. The summed E-state index contributed by atoms with van der Waals surface area (Å²) in [6, 6.07) is 11.1. The summed E-state index contributed by atoms with van der Waals surface area (Å²) in [5, 5.41) is 0.0612. The Balaban J connectivity index is 1.35. The van der Waals surface area contributed by atoms with E-state index in [4.69, 9.17) is 21.1 Å². The standard InChI is InChI=1S/C30H28ClN3O7S2/c1-2-40-29(38)16-6-9-18(10-7-16)34-27(36)23-22(24-26(32-30(39)43-24)42-25(23)28(34)37)19-14-17(31)8-11-20(19)41-15-21(35)33-12-4-3-5-13-33/h6-11,14,22-23,25H,2-5,12-13,15H2,1H3,(H,32,39). The number of H-pyrrole nitrogens is 1. The number of likely N-dealkylation sites (tertiary alicyclic amines) is 1. The summed E-state index contributed by atoms with van der Waals surface area (Å²) >= 11 is 8.57. The second kappa shape index (κ2) is 12.2. The number of piperidine rings is 1. The maximum Gasteiger partial charge on any atom is 0.338 e. The van der Waals surface area contributed by atoms with Crippen LogP contribution in [0, 0.1) is 5.92 Å². The van der Waals surface area contributed by atoms with E-state index < -0.39 is 34.9 Å². The van der Waals surface area contributed by atoms with E-state index in [1.807, 2.05) is 0 Å². The number of esters is 1. The summed E-state index contributed by atoms with van der Waals surface area (Å²) in [7, 11) is 0. The quantitative estimate of drug-likeness (QED) is 0.296. The monoisotopic (exact) mass is 641 g/mol. The topological polar surface area (TPSA) is 126 Å². The molecule has 3 aliphatic heterocycles. The molecule has 0 bridgehead atoms. The summed E-state index contributed by atoms with van der Waals surface area (Å²) in [4.78, 5) is 71.5. The van der Waals surface area contributed by atoms with Crippen molar-refractivity contribution in [3.63, 3.8) is 0 Å². The number of aromatic amines is 1. The molecule has 224 valence electrons. The first-order chi connectivity index (χ1) is 20.8. The number of rotatable bonds is 7. The van der Waals surface area contributed by atoms with Gasteiger partial charge in [0.25, 0.3) is 5.91 Å². The fourth-order valence-electron chi connectivity index (χ4n) is 5.84. The van der Waals surface area contributed by atoms with Gasteiger partial charge in [0.2, 0.25) is 11.8 Å². The van der Waals surface area contributed by atoms with Gasteiger partial charge in [-0.1, -0.05) is 34.7 Å². The van der Waals surface area contributed by atoms with E-state index >= 15 is 0 Å². The van der Waals surface area contributed by atoms with Crippen LogP contribution in [0.4, 0.5) is 5.69 Å². The molecule has 4 heterocycles. The Morgan fingerprint density at radius 2 is 1.77 bits per heavy atom. The van der Waals surface area contributed by atoms with Crippen molar-refractivity contribution >= 4 is 64.1 Å². The molecule has 3 aromatic rings. The lowest BCUT2D eigenvalue weighted by molar-refractivity contribution is -0.134. The number of ether oxygens (including phenoxy) is 2. The zero-order chi connectivity index (χ0) is 30.2. The second-order valence-electron chi connectivity index (χ2n) is 10.4. The summed E-state index contributed by atoms with van der Waals surface area (Å²) in [5.74, 6) is -2.76. The van der Waals surface area contributed by atoms with Crippen LogP contribution in [-0.4, -0.2) is 65.1 Å². The molecule has 0 radical (unpaired) electrons. The molecule has 2 saturated heterocycles. The highest BCUT2D eigenvalue weighted by Gasteiger charge is 2.57. The van der Waals surface area contributed by atoms with Gasteiger partial charge in [-0.05, 0) is 68.7 Å². The lowest BCUT2D eigenvalue weighted by atomic mass is 9.82. The van der Waals surface area contributed by atoms with Gasteiger partial charge < -0.3 is 19.4 Å². The Bertz CT molecular complexity index is 1650. The van der Waals surface area contributed by atoms with E-state index in [-0.39, 0.29) is 24.0 Å². The summed E-state index contributed by atoms with van der Waals surface area (Å²) in [6.07, 6.45) is 3.00. The average molecular weight is 642 g/mol. The number of halogens is 1. The Kier molecular flexibility index (Phi) is 8.34. The summed E-state index contributed by atoms with van der Waals surface area (Å²) in [6.45, 7) is 3.12. The highest BCUT2D eigenvalue weighted by molar-refractivity contribution is 8.00. The number of hydrogen-bond donors (Lipinski definition) is 1. The van der Waals surface area contributed by atoms with Crippen molar-refractivity contribution in [2.24, 2.45) is 5.92 Å². The Morgan fingerprint density at radius 1 is 1.02 bits per heavy atom. The zero-order valence-corrected chi connectivity index (χ0v) is 25.6. The van der Waals surface area contributed by atoms with Gasteiger partial charge in [-0.15, -0.1) is 0 Å². The number of aromatic nitrogens is 1. The van der Waals surface area contributed by atoms with E-state index in [1.165, 1.54) is 24.3 Å². The van der Waals surface area contributed by atoms with Crippen molar-refractivity contribution in [1.29, 1.82) is 0 Å². The molecule has 3 amide bonds. The highest BCUT2D eigenvalue weighted by atomic mass is 35.5. The van der Waals surface area contributed by atoms with Crippen LogP contribution in [0.15, 0.2) is 52.3 Å². The Labute approximate surface area is 260 Å². The third-order valence-corrected chi connectivity index (χ3v) is 10.5. The molecular weight excluding hydrogens is 614 g/mol. The SMILES string of the molecule is CCOC(=O)c1ccc(N2C(=O)C3Sc4[nH]c(=O)sc4C(c4cc(Cl)ccc4OCC(=O)N4CCCCC4)C3C2=O)cc1. The molecular formula is C30H28ClN3O7S2. The van der Waals surface area contributed by atoms with Crippen LogP contribution in [0.25, 0.3) is 0 Å². The molecule has 3 unspecified atom stereocenters. The van der Waals surface area contributed by atoms with Crippen molar-refractivity contribution in [3.05, 3.63) is 73.2 Å². The van der Waals surface area contributed by atoms with E-state index in [2.05, 4.69) is 4.98 Å². The van der Waals surface area contributed by atoms with Crippen LogP contribution in [0.3, 0.4) is 0 Å². The van der Waals surface area contributed by atoms with Crippen molar-refractivity contribution < 1.29 is 28.7 Å². The molecule has 3 atom stereocenters. The van der Waals surface area contributed by atoms with Gasteiger partial charge in [0.15, 0.2) is 6.61 Å². The van der Waals surface area contributed by atoms with Crippen molar-refractivity contribution in [1.82, 2.24) is 9.88 Å². The van der Waals surface area contributed by atoms with Gasteiger partial charge in [0.1, 0.15) is 11.0 Å². The van der Waals surface area contributed by atoms with Gasteiger partial charge in [-0.3, -0.25) is 19.2 Å². The zero-order valence-electron chi connectivity index (χ0n) is 23.2. The van der Waals surface area contributed by atoms with E-state index in [0.717, 1.165) is 47.3 Å². The fraction of sp³-hybridized carbons (Fsp3) is 0.367. The molecule has 3 aliphatic rings. The normalized spacial score (nSPS) is 21.4. The average Bonchev–Trinajstić information content (AvgIpc) is 3.50. The number of anilines is 1. The number of nitrogens with zero attached hydrogens (tertiary/aromatic N) is 2. The first-order valence-electron chi connectivity index (χ1n) is 14.0. The van der Waals surface area contributed by atoms with Crippen LogP contribution in [0.1, 0.15) is 52.9 Å². The first-order valence-corrected chi connectivity index (χ1v) is 16.1. The van der Waals surface area contributed by atoms with Crippen molar-refractivity contribution in [3.8, 4) is 5.75 Å². The third kappa shape index (κ3) is 5.59. The first kappa shape index (κ1) is 29.5. The number of fused-ring (bicyclic) bond motifs is 2. The maximum atomic E-state index is 14.1. The van der Waals surface area contributed by atoms with Gasteiger partial charge in [0, 0.05) is 34.5 Å². The number of imide groups is 1. The van der Waals surface area contributed by atoms with Gasteiger partial charge in [0.05, 0.1) is 28.8 Å². The smallest absolute Gasteiger partial charge is 0.338 e. The van der Waals surface area contributed by atoms with Crippen LogP contribution in [0.5, 0.6) is 5.75 Å². The lowest BCUT2D eigenvalue weighted by Crippen LogP contribution is -2.38.